The summed E-state index contributed by atoms with van der Waals surface area (Å²) in [6.45, 7) is 7.29. The summed E-state index contributed by atoms with van der Waals surface area (Å²) in [6.07, 6.45) is 2.20. The van der Waals surface area contributed by atoms with Crippen LogP contribution in [0, 0.1) is 5.92 Å². The predicted molar refractivity (Wildman–Crippen MR) is 79.1 cm³/mol. The number of aliphatic hydroxyl groups excluding tert-OH is 1. The molecule has 2 unspecified atom stereocenters. The topological polar surface area (TPSA) is 35.5 Å². The fraction of sp³-hybridized carbons (Fsp3) is 0.625. The molecule has 0 radical (unpaired) electrons. The van der Waals surface area contributed by atoms with Crippen LogP contribution < -0.4 is 5.32 Å². The largest absolute Gasteiger partial charge is 0.387 e. The van der Waals surface area contributed by atoms with Crippen LogP contribution in [0.4, 0.5) is 0 Å². The fourth-order valence-electron chi connectivity index (χ4n) is 2.86. The normalized spacial score (nSPS) is 22.3. The molecule has 2 rings (SSSR count). The van der Waals surface area contributed by atoms with Crippen LogP contribution in [0.1, 0.15) is 31.4 Å². The minimum atomic E-state index is -0.362. The molecule has 1 aliphatic rings. The molecule has 0 aliphatic carbocycles. The van der Waals surface area contributed by atoms with Gasteiger partial charge in [-0.3, -0.25) is 0 Å². The van der Waals surface area contributed by atoms with Gasteiger partial charge >= 0.3 is 0 Å². The van der Waals surface area contributed by atoms with Gasteiger partial charge in [0.1, 0.15) is 0 Å². The first-order chi connectivity index (χ1) is 9.29. The van der Waals surface area contributed by atoms with Crippen molar-refractivity contribution in [2.75, 3.05) is 32.7 Å². The lowest BCUT2D eigenvalue weighted by Gasteiger charge is -2.34. The smallest absolute Gasteiger partial charge is 0.0916 e. The number of piperidine rings is 1. The lowest BCUT2D eigenvalue weighted by molar-refractivity contribution is 0.0843. The van der Waals surface area contributed by atoms with Crippen molar-refractivity contribution in [3.63, 3.8) is 0 Å². The zero-order valence-electron chi connectivity index (χ0n) is 11.9. The van der Waals surface area contributed by atoms with Crippen molar-refractivity contribution in [3.8, 4) is 0 Å². The van der Waals surface area contributed by atoms with Crippen molar-refractivity contribution in [1.29, 1.82) is 0 Å². The van der Waals surface area contributed by atoms with E-state index in [9.17, 15) is 5.11 Å². The van der Waals surface area contributed by atoms with Crippen LogP contribution in [0.15, 0.2) is 30.3 Å². The van der Waals surface area contributed by atoms with Gasteiger partial charge in [0.25, 0.3) is 0 Å². The summed E-state index contributed by atoms with van der Waals surface area (Å²) >= 11 is 0. The zero-order valence-corrected chi connectivity index (χ0v) is 11.9. The van der Waals surface area contributed by atoms with E-state index in [1.807, 2.05) is 30.3 Å². The molecule has 0 aromatic heterocycles. The second-order valence-corrected chi connectivity index (χ2v) is 5.50. The molecular formula is C16H26N2O. The SMILES string of the molecule is CCNCC1CCCN(CC(O)c2ccccc2)C1. The maximum Gasteiger partial charge on any atom is 0.0916 e. The molecule has 3 heteroatoms. The summed E-state index contributed by atoms with van der Waals surface area (Å²) in [4.78, 5) is 2.41. The summed E-state index contributed by atoms with van der Waals surface area (Å²) in [7, 11) is 0. The molecular weight excluding hydrogens is 236 g/mol. The highest BCUT2D eigenvalue weighted by atomic mass is 16.3. The van der Waals surface area contributed by atoms with E-state index in [1.54, 1.807) is 0 Å². The van der Waals surface area contributed by atoms with Crippen LogP contribution in [0.25, 0.3) is 0 Å². The molecule has 0 spiro atoms. The van der Waals surface area contributed by atoms with E-state index in [-0.39, 0.29) is 6.10 Å². The number of aliphatic hydroxyl groups is 1. The monoisotopic (exact) mass is 262 g/mol. The Morgan fingerprint density at radius 3 is 2.89 bits per heavy atom. The molecule has 106 valence electrons. The molecule has 1 aromatic rings. The van der Waals surface area contributed by atoms with Gasteiger partial charge < -0.3 is 15.3 Å². The molecule has 1 heterocycles. The van der Waals surface area contributed by atoms with Crippen LogP contribution in [0.3, 0.4) is 0 Å². The Morgan fingerprint density at radius 1 is 1.37 bits per heavy atom. The second-order valence-electron chi connectivity index (χ2n) is 5.50. The maximum absolute atomic E-state index is 10.3. The molecule has 1 fully saturated rings. The fourth-order valence-corrected chi connectivity index (χ4v) is 2.86. The van der Waals surface area contributed by atoms with Gasteiger partial charge in [0, 0.05) is 13.1 Å². The van der Waals surface area contributed by atoms with Gasteiger partial charge in [-0.25, -0.2) is 0 Å². The van der Waals surface area contributed by atoms with E-state index in [0.29, 0.717) is 0 Å². The first-order valence-electron chi connectivity index (χ1n) is 7.45. The molecule has 0 amide bonds. The Morgan fingerprint density at radius 2 is 2.16 bits per heavy atom. The summed E-state index contributed by atoms with van der Waals surface area (Å²) in [6, 6.07) is 9.98. The zero-order chi connectivity index (χ0) is 13.5. The van der Waals surface area contributed by atoms with Crippen molar-refractivity contribution < 1.29 is 5.11 Å². The number of β-amino-alcohol motifs (C(OH)–C–C–N with tert-alkyl or cyclic N) is 1. The van der Waals surface area contributed by atoms with Gasteiger partial charge in [0.2, 0.25) is 0 Å². The molecule has 0 bridgehead atoms. The summed E-state index contributed by atoms with van der Waals surface area (Å²) < 4.78 is 0. The van der Waals surface area contributed by atoms with Crippen LogP contribution in [-0.2, 0) is 0 Å². The Kier molecular flexibility index (Phi) is 5.83. The quantitative estimate of drug-likeness (QED) is 0.823. The number of hydrogen-bond acceptors (Lipinski definition) is 3. The molecule has 0 saturated carbocycles. The molecule has 1 aromatic carbocycles. The third-order valence-electron chi connectivity index (χ3n) is 3.90. The Labute approximate surface area is 116 Å². The van der Waals surface area contributed by atoms with Gasteiger partial charge in [-0.05, 0) is 44.0 Å². The average molecular weight is 262 g/mol. The number of likely N-dealkylation sites (tertiary alicyclic amines) is 1. The van der Waals surface area contributed by atoms with Crippen molar-refractivity contribution in [2.45, 2.75) is 25.9 Å². The van der Waals surface area contributed by atoms with Crippen molar-refractivity contribution >= 4 is 0 Å². The van der Waals surface area contributed by atoms with Gasteiger partial charge in [0.05, 0.1) is 6.10 Å². The van der Waals surface area contributed by atoms with E-state index >= 15 is 0 Å². The summed E-state index contributed by atoms with van der Waals surface area (Å²) in [5.41, 5.74) is 1.02. The van der Waals surface area contributed by atoms with E-state index in [0.717, 1.165) is 44.2 Å². The molecule has 2 atom stereocenters. The van der Waals surface area contributed by atoms with Crippen molar-refractivity contribution in [1.82, 2.24) is 10.2 Å². The van der Waals surface area contributed by atoms with Crippen molar-refractivity contribution in [2.24, 2.45) is 5.92 Å². The van der Waals surface area contributed by atoms with Crippen molar-refractivity contribution in [3.05, 3.63) is 35.9 Å². The first kappa shape index (κ1) is 14.5. The Balaban J connectivity index is 1.81. The van der Waals surface area contributed by atoms with Gasteiger partial charge in [-0.2, -0.15) is 0 Å². The number of benzene rings is 1. The first-order valence-corrected chi connectivity index (χ1v) is 7.45. The Hall–Kier alpha value is -0.900. The lowest BCUT2D eigenvalue weighted by Crippen LogP contribution is -2.41. The third-order valence-corrected chi connectivity index (χ3v) is 3.90. The standard InChI is InChI=1S/C16H26N2O/c1-2-17-11-14-7-6-10-18(12-14)13-16(19)15-8-4-3-5-9-15/h3-5,8-9,14,16-17,19H,2,6-7,10-13H2,1H3. The number of nitrogens with zero attached hydrogens (tertiary/aromatic N) is 1. The number of nitrogens with one attached hydrogen (secondary N) is 1. The molecule has 19 heavy (non-hydrogen) atoms. The molecule has 1 saturated heterocycles. The number of hydrogen-bond donors (Lipinski definition) is 2. The van der Waals surface area contributed by atoms with Gasteiger partial charge in [-0.15, -0.1) is 0 Å². The number of rotatable bonds is 6. The highest BCUT2D eigenvalue weighted by Crippen LogP contribution is 2.20. The summed E-state index contributed by atoms with van der Waals surface area (Å²) in [5.74, 6) is 0.733. The van der Waals surface area contributed by atoms with Crippen LogP contribution in [0.5, 0.6) is 0 Å². The van der Waals surface area contributed by atoms with E-state index in [2.05, 4.69) is 17.1 Å². The van der Waals surface area contributed by atoms with Gasteiger partial charge in [-0.1, -0.05) is 37.3 Å². The minimum Gasteiger partial charge on any atom is -0.387 e. The maximum atomic E-state index is 10.3. The van der Waals surface area contributed by atoms with E-state index in [1.165, 1.54) is 12.8 Å². The predicted octanol–water partition coefficient (Wildman–Crippen LogP) is 2.04. The molecule has 2 N–H and O–H groups in total. The second kappa shape index (κ2) is 7.63. The van der Waals surface area contributed by atoms with E-state index < -0.39 is 0 Å². The molecule has 3 nitrogen and oxygen atoms in total. The highest BCUT2D eigenvalue weighted by molar-refractivity contribution is 5.17. The van der Waals surface area contributed by atoms with Crippen LogP contribution in [-0.4, -0.2) is 42.7 Å². The van der Waals surface area contributed by atoms with Crippen LogP contribution >= 0.6 is 0 Å². The minimum absolute atomic E-state index is 0.362. The van der Waals surface area contributed by atoms with Gasteiger partial charge in [0.15, 0.2) is 0 Å². The van der Waals surface area contributed by atoms with E-state index in [4.69, 9.17) is 0 Å². The third kappa shape index (κ3) is 4.60. The molecule has 1 aliphatic heterocycles. The summed E-state index contributed by atoms with van der Waals surface area (Å²) in [5, 5.41) is 13.7. The lowest BCUT2D eigenvalue weighted by atomic mass is 9.97. The average Bonchev–Trinajstić information content (AvgIpc) is 2.46. The Bertz CT molecular complexity index is 355. The van der Waals surface area contributed by atoms with Crippen LogP contribution in [0.2, 0.25) is 0 Å². The highest BCUT2D eigenvalue weighted by Gasteiger charge is 2.21.